The fourth-order valence-corrected chi connectivity index (χ4v) is 2.08. The third-order valence-electron chi connectivity index (χ3n) is 3.62. The van der Waals surface area contributed by atoms with E-state index in [9.17, 15) is 19.5 Å². The number of phenolic OH excluding ortho intramolecular Hbond substituents is 1. The monoisotopic (exact) mass is 330 g/mol. The number of hydrazine groups is 1. The largest absolute Gasteiger partial charge is 0.505 e. The molecule has 0 aliphatic heterocycles. The number of benzene rings is 1. The first-order valence-corrected chi connectivity index (χ1v) is 7.39. The van der Waals surface area contributed by atoms with E-state index in [1.165, 1.54) is 17.0 Å². The zero-order chi connectivity index (χ0) is 18.0. The van der Waals surface area contributed by atoms with E-state index in [0.717, 1.165) is 0 Å². The van der Waals surface area contributed by atoms with Crippen molar-refractivity contribution in [2.45, 2.75) is 6.92 Å². The Hall–Kier alpha value is -2.81. The van der Waals surface area contributed by atoms with Crippen molar-refractivity contribution in [3.8, 4) is 5.75 Å². The van der Waals surface area contributed by atoms with Crippen molar-refractivity contribution in [1.82, 2.24) is 9.82 Å². The molecule has 0 heterocycles. The van der Waals surface area contributed by atoms with E-state index < -0.39 is 10.9 Å². The lowest BCUT2D eigenvalue weighted by molar-refractivity contribution is 0.0825. The molecule has 3 N–H and O–H groups in total. The number of carbonyl (C=O) groups is 1. The highest BCUT2D eigenvalue weighted by molar-refractivity contribution is 6.05. The summed E-state index contributed by atoms with van der Waals surface area (Å²) in [5.41, 5.74) is 1.98. The van der Waals surface area contributed by atoms with Gasteiger partial charge < -0.3 is 20.7 Å². The van der Waals surface area contributed by atoms with Crippen molar-refractivity contribution in [3.05, 3.63) is 44.2 Å². The van der Waals surface area contributed by atoms with Crippen LogP contribution in [0.4, 0.5) is 17.1 Å². The van der Waals surface area contributed by atoms with Gasteiger partial charge in [0, 0.05) is 20.6 Å². The van der Waals surface area contributed by atoms with E-state index >= 15 is 0 Å². The second-order valence-corrected chi connectivity index (χ2v) is 5.56. The molecule has 9 heteroatoms. The number of hydrogen-bond donors (Lipinski definition) is 3. The van der Waals surface area contributed by atoms with Gasteiger partial charge in [0.15, 0.2) is 5.75 Å². The Morgan fingerprint density at radius 1 is 1.21 bits per heavy atom. The number of anilines is 3. The molecule has 0 bridgehead atoms. The van der Waals surface area contributed by atoms with Gasteiger partial charge in [0.1, 0.15) is 11.4 Å². The summed E-state index contributed by atoms with van der Waals surface area (Å²) >= 11 is 0. The first-order chi connectivity index (χ1) is 11.3. The van der Waals surface area contributed by atoms with Crippen LogP contribution in [0.25, 0.3) is 0 Å². The maximum absolute atomic E-state index is 12.0. The standard InChI is InChI=1S/C15H19BN4O4/c1-4-20(16)18-11-10(13(22)14(11)23)17-9-7-5-6-8(12(9)21)15(24)19(2)3/h5-7,17-18,21H,4,16H2,1-3H3. The van der Waals surface area contributed by atoms with Gasteiger partial charge in [-0.05, 0) is 12.1 Å². The fraction of sp³-hybridized carbons (Fsp3) is 0.267. The molecule has 0 atom stereocenters. The molecule has 2 aromatic rings. The van der Waals surface area contributed by atoms with Gasteiger partial charge in [0.25, 0.3) is 16.8 Å². The van der Waals surface area contributed by atoms with Crippen molar-refractivity contribution in [3.63, 3.8) is 0 Å². The van der Waals surface area contributed by atoms with Crippen molar-refractivity contribution in [2.75, 3.05) is 31.4 Å². The molecule has 2 rings (SSSR count). The molecule has 0 spiro atoms. The van der Waals surface area contributed by atoms with E-state index in [0.29, 0.717) is 6.54 Å². The van der Waals surface area contributed by atoms with Crippen LogP contribution in [0.3, 0.4) is 0 Å². The lowest BCUT2D eigenvalue weighted by atomic mass is 10.1. The van der Waals surface area contributed by atoms with Crippen molar-refractivity contribution < 1.29 is 9.90 Å². The maximum Gasteiger partial charge on any atom is 0.257 e. The zero-order valence-corrected chi connectivity index (χ0v) is 14.0. The van der Waals surface area contributed by atoms with Gasteiger partial charge in [-0.2, -0.15) is 0 Å². The van der Waals surface area contributed by atoms with Gasteiger partial charge in [-0.25, -0.2) is 0 Å². The number of hydrogen-bond acceptors (Lipinski definition) is 7. The number of phenols is 1. The summed E-state index contributed by atoms with van der Waals surface area (Å²) < 4.78 is 0. The number of aromatic hydroxyl groups is 1. The number of nitrogens with zero attached hydrogens (tertiary/aromatic N) is 2. The first kappa shape index (κ1) is 17.5. The number of rotatable bonds is 6. The number of amides is 1. The topological polar surface area (TPSA) is 102 Å². The first-order valence-electron chi connectivity index (χ1n) is 7.39. The molecule has 24 heavy (non-hydrogen) atoms. The predicted molar refractivity (Wildman–Crippen MR) is 95.3 cm³/mol. The second-order valence-electron chi connectivity index (χ2n) is 5.56. The molecule has 2 aromatic carbocycles. The Kier molecular flexibility index (Phi) is 4.94. The average molecular weight is 330 g/mol. The van der Waals surface area contributed by atoms with Crippen LogP contribution in [0.1, 0.15) is 17.3 Å². The molecule has 0 saturated carbocycles. The lowest BCUT2D eigenvalue weighted by Crippen LogP contribution is -2.41. The smallest absolute Gasteiger partial charge is 0.257 e. The van der Waals surface area contributed by atoms with E-state index in [1.807, 2.05) is 6.92 Å². The highest BCUT2D eigenvalue weighted by Crippen LogP contribution is 2.31. The molecule has 8 nitrogen and oxygen atoms in total. The van der Waals surface area contributed by atoms with Gasteiger partial charge in [-0.3, -0.25) is 19.3 Å². The maximum atomic E-state index is 12.0. The Balaban J connectivity index is 2.35. The highest BCUT2D eigenvalue weighted by atomic mass is 16.3. The minimum absolute atomic E-state index is 0.0602. The van der Waals surface area contributed by atoms with Gasteiger partial charge >= 0.3 is 0 Å². The Bertz CT molecular complexity index is 843. The van der Waals surface area contributed by atoms with Gasteiger partial charge in [0.05, 0.1) is 11.3 Å². The van der Waals surface area contributed by atoms with Gasteiger partial charge in [-0.15, -0.1) is 0 Å². The summed E-state index contributed by atoms with van der Waals surface area (Å²) in [4.78, 5) is 38.5. The van der Waals surface area contributed by atoms with E-state index in [2.05, 4.69) is 10.7 Å². The number of nitrogens with one attached hydrogen (secondary N) is 2. The van der Waals surface area contributed by atoms with Crippen molar-refractivity contribution in [2.24, 2.45) is 0 Å². The molecule has 0 fully saturated rings. The van der Waals surface area contributed by atoms with Crippen LogP contribution >= 0.6 is 0 Å². The Morgan fingerprint density at radius 3 is 2.42 bits per heavy atom. The molecule has 0 aliphatic rings. The summed E-state index contributed by atoms with van der Waals surface area (Å²) in [6.07, 6.45) is 0. The van der Waals surface area contributed by atoms with Gasteiger partial charge in [0.2, 0.25) is 7.98 Å². The lowest BCUT2D eigenvalue weighted by Gasteiger charge is -2.22. The van der Waals surface area contributed by atoms with Crippen LogP contribution in [0.15, 0.2) is 27.8 Å². The normalized spacial score (nSPS) is 10.8. The SMILES string of the molecule is BN(CC)Nc1c(Nc2cccc(C(=O)N(C)C)c2O)c(=O)c1=O. The number of para-hydroxylation sites is 1. The molecular formula is C15H19BN4O4. The van der Waals surface area contributed by atoms with E-state index in [1.54, 1.807) is 33.1 Å². The second kappa shape index (κ2) is 6.75. The molecule has 0 unspecified atom stereocenters. The zero-order valence-electron chi connectivity index (χ0n) is 14.0. The molecule has 1 amide bonds. The van der Waals surface area contributed by atoms with Crippen LogP contribution < -0.4 is 21.6 Å². The van der Waals surface area contributed by atoms with Crippen LogP contribution in [0.2, 0.25) is 0 Å². The average Bonchev–Trinajstić information content (AvgIpc) is 2.57. The van der Waals surface area contributed by atoms with E-state index in [4.69, 9.17) is 0 Å². The molecule has 0 aliphatic carbocycles. The Labute approximate surface area is 139 Å². The molecule has 0 saturated heterocycles. The third kappa shape index (κ3) is 3.11. The summed E-state index contributed by atoms with van der Waals surface area (Å²) in [7, 11) is 4.87. The van der Waals surface area contributed by atoms with Crippen molar-refractivity contribution in [1.29, 1.82) is 0 Å². The van der Waals surface area contributed by atoms with Gasteiger partial charge in [-0.1, -0.05) is 13.0 Å². The van der Waals surface area contributed by atoms with Crippen LogP contribution in [-0.4, -0.2) is 49.5 Å². The quantitative estimate of drug-likeness (QED) is 0.287. The molecule has 0 radical (unpaired) electrons. The van der Waals surface area contributed by atoms with E-state index in [-0.39, 0.29) is 34.3 Å². The van der Waals surface area contributed by atoms with Crippen molar-refractivity contribution >= 4 is 31.0 Å². The molecule has 0 aromatic heterocycles. The Morgan fingerprint density at radius 2 is 1.83 bits per heavy atom. The van der Waals surface area contributed by atoms with Crippen LogP contribution in [0.5, 0.6) is 5.75 Å². The fourth-order valence-electron chi connectivity index (χ4n) is 2.08. The summed E-state index contributed by atoms with van der Waals surface area (Å²) in [5, 5.41) is 13.0. The number of carbonyl (C=O) groups excluding carboxylic acids is 1. The van der Waals surface area contributed by atoms with Crippen LogP contribution in [-0.2, 0) is 0 Å². The summed E-state index contributed by atoms with van der Waals surface area (Å²) in [5.74, 6) is -0.649. The molecular weight excluding hydrogens is 311 g/mol. The molecule has 126 valence electrons. The third-order valence-corrected chi connectivity index (χ3v) is 3.62. The summed E-state index contributed by atoms with van der Waals surface area (Å²) in [6, 6.07) is 4.58. The predicted octanol–water partition coefficient (Wildman–Crippen LogP) is -0.369. The highest BCUT2D eigenvalue weighted by Gasteiger charge is 2.24. The minimum atomic E-state index is -0.675. The summed E-state index contributed by atoms with van der Waals surface area (Å²) in [6.45, 7) is 2.50. The minimum Gasteiger partial charge on any atom is -0.505 e. The van der Waals surface area contributed by atoms with Crippen LogP contribution in [0, 0.1) is 0 Å².